The van der Waals surface area contributed by atoms with Crippen LogP contribution in [-0.4, -0.2) is 5.11 Å². The number of hydrogen-bond acceptors (Lipinski definition) is 2. The largest absolute Gasteiger partial charge is 0.508 e. The molecule has 1 fully saturated rings. The van der Waals surface area contributed by atoms with Crippen LogP contribution in [0.15, 0.2) is 36.4 Å². The number of benzene rings is 2. The van der Waals surface area contributed by atoms with E-state index in [4.69, 9.17) is 5.73 Å². The van der Waals surface area contributed by atoms with Crippen LogP contribution < -0.4 is 5.73 Å². The van der Waals surface area contributed by atoms with Gasteiger partial charge >= 0.3 is 0 Å². The highest BCUT2D eigenvalue weighted by molar-refractivity contribution is 5.88. The summed E-state index contributed by atoms with van der Waals surface area (Å²) in [5, 5.41) is 12.3. The van der Waals surface area contributed by atoms with E-state index < -0.39 is 0 Å². The predicted octanol–water partition coefficient (Wildman–Crippen LogP) is 3.35. The van der Waals surface area contributed by atoms with Crippen LogP contribution in [0.3, 0.4) is 0 Å². The number of nitrogens with two attached hydrogens (primary N) is 1. The third kappa shape index (κ3) is 2.01. The summed E-state index contributed by atoms with van der Waals surface area (Å²) in [5.41, 5.74) is 7.15. The molecule has 3 rings (SSSR count). The fraction of sp³-hybridized carbons (Fsp3) is 0.333. The Hall–Kier alpha value is -1.54. The van der Waals surface area contributed by atoms with Gasteiger partial charge in [0.05, 0.1) is 0 Å². The van der Waals surface area contributed by atoms with Crippen LogP contribution in [0.1, 0.15) is 30.9 Å². The van der Waals surface area contributed by atoms with Crippen molar-refractivity contribution in [1.29, 1.82) is 0 Å². The monoisotopic (exact) mass is 227 g/mol. The maximum absolute atomic E-state index is 10.0. The molecule has 1 aliphatic carbocycles. The Morgan fingerprint density at radius 3 is 2.71 bits per heavy atom. The van der Waals surface area contributed by atoms with Gasteiger partial charge in [0, 0.05) is 11.6 Å². The number of aromatic hydroxyl groups is 1. The number of phenolic OH excluding ortho intramolecular Hbond substituents is 1. The maximum Gasteiger partial charge on any atom is 0.120 e. The van der Waals surface area contributed by atoms with Gasteiger partial charge in [-0.15, -0.1) is 0 Å². The summed E-state index contributed by atoms with van der Waals surface area (Å²) in [5.74, 6) is 1.10. The molecule has 3 N–H and O–H groups in total. The summed E-state index contributed by atoms with van der Waals surface area (Å²) in [6, 6.07) is 11.8. The standard InChI is InChI=1S/C15H17NO/c16-13(9-10-5-6-10)15-12-4-2-1-3-11(12)7-8-14(15)17/h1-4,7-8,10,13,17H,5-6,9,16H2/t13-/m0/s1. The zero-order valence-electron chi connectivity index (χ0n) is 9.76. The average molecular weight is 227 g/mol. The van der Waals surface area contributed by atoms with Gasteiger partial charge in [-0.05, 0) is 29.2 Å². The zero-order valence-corrected chi connectivity index (χ0v) is 9.76. The second-order valence-electron chi connectivity index (χ2n) is 5.01. The van der Waals surface area contributed by atoms with E-state index in [-0.39, 0.29) is 6.04 Å². The highest BCUT2D eigenvalue weighted by atomic mass is 16.3. The quantitative estimate of drug-likeness (QED) is 0.844. The maximum atomic E-state index is 10.0. The third-order valence-corrected chi connectivity index (χ3v) is 3.60. The molecule has 2 nitrogen and oxygen atoms in total. The summed E-state index contributed by atoms with van der Waals surface area (Å²) in [6.07, 6.45) is 3.57. The Balaban J connectivity index is 2.08. The highest BCUT2D eigenvalue weighted by Gasteiger charge is 2.26. The summed E-state index contributed by atoms with van der Waals surface area (Å²) in [4.78, 5) is 0. The minimum atomic E-state index is -0.0476. The van der Waals surface area contributed by atoms with Gasteiger partial charge in [-0.25, -0.2) is 0 Å². The first-order valence-electron chi connectivity index (χ1n) is 6.22. The Bertz CT molecular complexity index is 546. The molecule has 0 heterocycles. The van der Waals surface area contributed by atoms with Gasteiger partial charge in [-0.2, -0.15) is 0 Å². The van der Waals surface area contributed by atoms with E-state index >= 15 is 0 Å². The molecule has 2 heteroatoms. The number of rotatable bonds is 3. The van der Waals surface area contributed by atoms with Gasteiger partial charge in [0.1, 0.15) is 5.75 Å². The van der Waals surface area contributed by atoms with Crippen LogP contribution >= 0.6 is 0 Å². The molecule has 0 amide bonds. The molecule has 0 aromatic heterocycles. The highest BCUT2D eigenvalue weighted by Crippen LogP contribution is 2.40. The molecule has 1 saturated carbocycles. The molecule has 0 unspecified atom stereocenters. The zero-order chi connectivity index (χ0) is 11.8. The van der Waals surface area contributed by atoms with Crippen molar-refractivity contribution < 1.29 is 5.11 Å². The molecule has 1 atom stereocenters. The second kappa shape index (κ2) is 4.04. The van der Waals surface area contributed by atoms with E-state index in [0.29, 0.717) is 5.75 Å². The molecule has 0 bridgehead atoms. The molecule has 2 aromatic rings. The minimum absolute atomic E-state index is 0.0476. The van der Waals surface area contributed by atoms with Gasteiger partial charge < -0.3 is 10.8 Å². The lowest BCUT2D eigenvalue weighted by molar-refractivity contribution is 0.457. The van der Waals surface area contributed by atoms with Crippen LogP contribution in [0.25, 0.3) is 10.8 Å². The Labute approximate surface area is 101 Å². The number of hydrogen-bond donors (Lipinski definition) is 2. The van der Waals surface area contributed by atoms with E-state index in [1.165, 1.54) is 12.8 Å². The lowest BCUT2D eigenvalue weighted by atomic mass is 9.95. The fourth-order valence-electron chi connectivity index (χ4n) is 2.50. The van der Waals surface area contributed by atoms with Crippen molar-refractivity contribution in [2.45, 2.75) is 25.3 Å². The van der Waals surface area contributed by atoms with Crippen molar-refractivity contribution in [3.8, 4) is 5.75 Å². The Morgan fingerprint density at radius 2 is 1.94 bits per heavy atom. The third-order valence-electron chi connectivity index (χ3n) is 3.60. The van der Waals surface area contributed by atoms with Crippen molar-refractivity contribution >= 4 is 10.8 Å². The summed E-state index contributed by atoms with van der Waals surface area (Å²) in [6.45, 7) is 0. The van der Waals surface area contributed by atoms with Gasteiger partial charge in [-0.3, -0.25) is 0 Å². The summed E-state index contributed by atoms with van der Waals surface area (Å²) < 4.78 is 0. The first kappa shape index (κ1) is 10.6. The van der Waals surface area contributed by atoms with Crippen LogP contribution in [0.4, 0.5) is 0 Å². The molecule has 88 valence electrons. The van der Waals surface area contributed by atoms with E-state index in [1.807, 2.05) is 24.3 Å². The number of phenols is 1. The van der Waals surface area contributed by atoms with Crippen molar-refractivity contribution in [1.82, 2.24) is 0 Å². The Morgan fingerprint density at radius 1 is 1.18 bits per heavy atom. The number of fused-ring (bicyclic) bond motifs is 1. The van der Waals surface area contributed by atoms with Gasteiger partial charge in [-0.1, -0.05) is 43.2 Å². The van der Waals surface area contributed by atoms with E-state index in [2.05, 4.69) is 6.07 Å². The lowest BCUT2D eigenvalue weighted by Crippen LogP contribution is -2.11. The first-order valence-corrected chi connectivity index (χ1v) is 6.22. The van der Waals surface area contributed by atoms with Crippen molar-refractivity contribution in [3.05, 3.63) is 42.0 Å². The lowest BCUT2D eigenvalue weighted by Gasteiger charge is -2.16. The van der Waals surface area contributed by atoms with Crippen LogP contribution in [0.5, 0.6) is 5.75 Å². The molecule has 0 saturated heterocycles. The van der Waals surface area contributed by atoms with Crippen molar-refractivity contribution in [2.24, 2.45) is 11.7 Å². The topological polar surface area (TPSA) is 46.2 Å². The molecule has 1 aliphatic rings. The average Bonchev–Trinajstić information content (AvgIpc) is 3.12. The van der Waals surface area contributed by atoms with Crippen LogP contribution in [-0.2, 0) is 0 Å². The molecule has 0 spiro atoms. The fourth-order valence-corrected chi connectivity index (χ4v) is 2.50. The normalized spacial score (nSPS) is 17.2. The molecular formula is C15H17NO. The first-order chi connectivity index (χ1) is 8.25. The smallest absolute Gasteiger partial charge is 0.120 e. The molecule has 0 aliphatic heterocycles. The minimum Gasteiger partial charge on any atom is -0.508 e. The van der Waals surface area contributed by atoms with Gasteiger partial charge in [0.25, 0.3) is 0 Å². The molecule has 2 aromatic carbocycles. The summed E-state index contributed by atoms with van der Waals surface area (Å²) >= 11 is 0. The Kier molecular flexibility index (Phi) is 2.52. The molecular weight excluding hydrogens is 210 g/mol. The van der Waals surface area contributed by atoms with E-state index in [0.717, 1.165) is 28.7 Å². The van der Waals surface area contributed by atoms with E-state index in [1.54, 1.807) is 6.07 Å². The second-order valence-corrected chi connectivity index (χ2v) is 5.01. The van der Waals surface area contributed by atoms with E-state index in [9.17, 15) is 5.11 Å². The SMILES string of the molecule is N[C@@H](CC1CC1)c1c(O)ccc2ccccc12. The van der Waals surface area contributed by atoms with Crippen LogP contribution in [0, 0.1) is 5.92 Å². The van der Waals surface area contributed by atoms with Gasteiger partial charge in [0.2, 0.25) is 0 Å². The molecule has 17 heavy (non-hydrogen) atoms. The molecule has 0 radical (unpaired) electrons. The van der Waals surface area contributed by atoms with Crippen LogP contribution in [0.2, 0.25) is 0 Å². The predicted molar refractivity (Wildman–Crippen MR) is 69.9 cm³/mol. The summed E-state index contributed by atoms with van der Waals surface area (Å²) in [7, 11) is 0. The van der Waals surface area contributed by atoms with Crippen molar-refractivity contribution in [2.75, 3.05) is 0 Å². The van der Waals surface area contributed by atoms with Gasteiger partial charge in [0.15, 0.2) is 0 Å². The van der Waals surface area contributed by atoms with Crippen molar-refractivity contribution in [3.63, 3.8) is 0 Å².